The van der Waals surface area contributed by atoms with Crippen LogP contribution in [0.4, 0.5) is 5.69 Å². The number of piperidine rings is 1. The Morgan fingerprint density at radius 2 is 1.92 bits per heavy atom. The summed E-state index contributed by atoms with van der Waals surface area (Å²) in [5, 5.41) is 3.07. The number of fused-ring (bicyclic) bond motifs is 1. The van der Waals surface area contributed by atoms with Gasteiger partial charge in [0.15, 0.2) is 0 Å². The number of carbonyl (C=O) groups excluding carboxylic acids is 3. The number of likely N-dealkylation sites (tertiary alicyclic amines) is 1. The van der Waals surface area contributed by atoms with Crippen molar-refractivity contribution in [2.75, 3.05) is 32.1 Å². The molecule has 3 aromatic rings. The second kappa shape index (κ2) is 10.9. The van der Waals surface area contributed by atoms with Crippen molar-refractivity contribution in [3.63, 3.8) is 0 Å². The number of ether oxygens (including phenoxy) is 2. The Bertz CT molecular complexity index is 1360. The molecular formula is C25H28N4O6S. The van der Waals surface area contributed by atoms with E-state index in [1.807, 2.05) is 0 Å². The number of benzene rings is 1. The van der Waals surface area contributed by atoms with Crippen molar-refractivity contribution in [2.24, 2.45) is 5.92 Å². The Labute approximate surface area is 211 Å². The molecule has 2 aromatic heterocycles. The minimum absolute atomic E-state index is 0.183. The molecule has 0 aliphatic carbocycles. The molecule has 1 aliphatic rings. The summed E-state index contributed by atoms with van der Waals surface area (Å²) in [5.74, 6) is -0.500. The predicted molar refractivity (Wildman–Crippen MR) is 136 cm³/mol. The number of para-hydroxylation sites is 2. The van der Waals surface area contributed by atoms with Crippen molar-refractivity contribution in [1.29, 1.82) is 0 Å². The quantitative estimate of drug-likeness (QED) is 0.484. The van der Waals surface area contributed by atoms with Gasteiger partial charge in [0, 0.05) is 13.1 Å². The van der Waals surface area contributed by atoms with Gasteiger partial charge in [-0.1, -0.05) is 12.1 Å². The monoisotopic (exact) mass is 512 g/mol. The molecule has 0 saturated carbocycles. The van der Waals surface area contributed by atoms with Crippen LogP contribution >= 0.6 is 11.3 Å². The first-order valence-electron chi connectivity index (χ1n) is 11.7. The van der Waals surface area contributed by atoms with Crippen LogP contribution in [-0.4, -0.2) is 59.0 Å². The molecule has 0 radical (unpaired) electrons. The maximum atomic E-state index is 13.2. The first-order chi connectivity index (χ1) is 17.3. The van der Waals surface area contributed by atoms with Crippen LogP contribution in [0.15, 0.2) is 35.4 Å². The highest BCUT2D eigenvalue weighted by Gasteiger charge is 2.30. The van der Waals surface area contributed by atoms with Crippen molar-refractivity contribution < 1.29 is 23.9 Å². The molecule has 1 aliphatic heterocycles. The van der Waals surface area contributed by atoms with Gasteiger partial charge in [-0.2, -0.15) is 0 Å². The van der Waals surface area contributed by atoms with Crippen molar-refractivity contribution in [3.05, 3.63) is 51.4 Å². The topological polar surface area (TPSA) is 120 Å². The summed E-state index contributed by atoms with van der Waals surface area (Å²) in [6, 6.07) is 6.99. The molecule has 4 rings (SSSR count). The fraction of sp³-hybridized carbons (Fsp3) is 0.400. The molecule has 10 nitrogen and oxygen atoms in total. The average Bonchev–Trinajstić information content (AvgIpc) is 3.22. The number of thiophene rings is 1. The lowest BCUT2D eigenvalue weighted by atomic mass is 9.97. The molecule has 0 atom stereocenters. The number of methoxy groups -OCH3 is 1. The molecule has 0 bridgehead atoms. The van der Waals surface area contributed by atoms with E-state index in [9.17, 15) is 19.2 Å². The van der Waals surface area contributed by atoms with Gasteiger partial charge in [-0.25, -0.2) is 4.98 Å². The first kappa shape index (κ1) is 25.4. The number of carbonyl (C=O) groups is 3. The van der Waals surface area contributed by atoms with E-state index in [2.05, 4.69) is 10.3 Å². The van der Waals surface area contributed by atoms with Crippen LogP contribution < -0.4 is 15.6 Å². The zero-order chi connectivity index (χ0) is 25.8. The molecule has 190 valence electrons. The molecule has 36 heavy (non-hydrogen) atoms. The number of rotatable bonds is 7. The smallest absolute Gasteiger partial charge is 0.309 e. The summed E-state index contributed by atoms with van der Waals surface area (Å²) < 4.78 is 11.6. The molecular weight excluding hydrogens is 484 g/mol. The van der Waals surface area contributed by atoms with E-state index >= 15 is 0 Å². The lowest BCUT2D eigenvalue weighted by molar-refractivity contribution is -0.149. The highest BCUT2D eigenvalue weighted by atomic mass is 32.1. The standard InChI is InChI=1S/C25H28N4O6S/c1-4-35-25(33)16-9-11-28(12-10-16)24(32)21-15(2)20-22(36-21)26-14-29(23(20)31)13-19(30)27-17-7-5-6-8-18(17)34-3/h5-8,14,16H,4,9-13H2,1-3H3,(H,27,30). The van der Waals surface area contributed by atoms with Crippen LogP contribution in [0.25, 0.3) is 10.2 Å². The second-order valence-corrected chi connectivity index (χ2v) is 9.48. The Morgan fingerprint density at radius 3 is 2.61 bits per heavy atom. The highest BCUT2D eigenvalue weighted by molar-refractivity contribution is 7.20. The molecule has 1 saturated heterocycles. The van der Waals surface area contributed by atoms with Crippen LogP contribution in [0.2, 0.25) is 0 Å². The van der Waals surface area contributed by atoms with Crippen LogP contribution in [0, 0.1) is 12.8 Å². The van der Waals surface area contributed by atoms with Crippen molar-refractivity contribution in [1.82, 2.24) is 14.5 Å². The maximum Gasteiger partial charge on any atom is 0.309 e. The third kappa shape index (κ3) is 5.11. The van der Waals surface area contributed by atoms with E-state index in [-0.39, 0.29) is 29.9 Å². The molecule has 1 fully saturated rings. The normalized spacial score (nSPS) is 14.0. The largest absolute Gasteiger partial charge is 0.495 e. The number of esters is 1. The Balaban J connectivity index is 1.50. The zero-order valence-corrected chi connectivity index (χ0v) is 21.2. The summed E-state index contributed by atoms with van der Waals surface area (Å²) in [5.41, 5.74) is 0.659. The molecule has 0 unspecified atom stereocenters. The summed E-state index contributed by atoms with van der Waals surface area (Å²) in [4.78, 5) is 58.0. The molecule has 11 heteroatoms. The fourth-order valence-electron chi connectivity index (χ4n) is 4.29. The van der Waals surface area contributed by atoms with Crippen LogP contribution in [0.5, 0.6) is 5.75 Å². The number of aromatic nitrogens is 2. The van der Waals surface area contributed by atoms with Crippen LogP contribution in [-0.2, 0) is 20.9 Å². The minimum Gasteiger partial charge on any atom is -0.495 e. The van der Waals surface area contributed by atoms with Gasteiger partial charge in [-0.3, -0.25) is 23.7 Å². The zero-order valence-electron chi connectivity index (χ0n) is 20.4. The van der Waals surface area contributed by atoms with Crippen LogP contribution in [0.1, 0.15) is 35.0 Å². The Morgan fingerprint density at radius 1 is 1.19 bits per heavy atom. The molecule has 1 N–H and O–H groups in total. The third-order valence-electron chi connectivity index (χ3n) is 6.21. The van der Waals surface area contributed by atoms with E-state index in [1.54, 1.807) is 43.0 Å². The minimum atomic E-state index is -0.406. The maximum absolute atomic E-state index is 13.2. The second-order valence-electron chi connectivity index (χ2n) is 8.48. The lowest BCUT2D eigenvalue weighted by Gasteiger charge is -2.30. The highest BCUT2D eigenvalue weighted by Crippen LogP contribution is 2.30. The van der Waals surface area contributed by atoms with Gasteiger partial charge in [0.25, 0.3) is 11.5 Å². The molecule has 2 amide bonds. The van der Waals surface area contributed by atoms with E-state index in [0.717, 1.165) is 0 Å². The Hall–Kier alpha value is -3.73. The van der Waals surface area contributed by atoms with Crippen molar-refractivity contribution >= 4 is 45.0 Å². The van der Waals surface area contributed by atoms with Gasteiger partial charge in [0.2, 0.25) is 5.91 Å². The van der Waals surface area contributed by atoms with E-state index in [1.165, 1.54) is 29.3 Å². The predicted octanol–water partition coefficient (Wildman–Crippen LogP) is 2.83. The number of aryl methyl sites for hydroxylation is 1. The van der Waals surface area contributed by atoms with Gasteiger partial charge >= 0.3 is 5.97 Å². The molecule has 3 heterocycles. The number of anilines is 1. The summed E-state index contributed by atoms with van der Waals surface area (Å²) >= 11 is 1.17. The van der Waals surface area contributed by atoms with E-state index in [0.29, 0.717) is 64.6 Å². The van der Waals surface area contributed by atoms with Crippen molar-refractivity contribution in [2.45, 2.75) is 33.2 Å². The third-order valence-corrected chi connectivity index (χ3v) is 7.40. The summed E-state index contributed by atoms with van der Waals surface area (Å²) in [7, 11) is 1.51. The van der Waals surface area contributed by atoms with Gasteiger partial charge in [0.1, 0.15) is 17.1 Å². The van der Waals surface area contributed by atoms with Gasteiger partial charge < -0.3 is 19.7 Å². The number of hydrogen-bond donors (Lipinski definition) is 1. The Kier molecular flexibility index (Phi) is 7.68. The average molecular weight is 513 g/mol. The number of hydrogen-bond acceptors (Lipinski definition) is 8. The van der Waals surface area contributed by atoms with E-state index < -0.39 is 5.91 Å². The van der Waals surface area contributed by atoms with E-state index in [4.69, 9.17) is 9.47 Å². The van der Waals surface area contributed by atoms with Gasteiger partial charge in [0.05, 0.1) is 41.9 Å². The summed E-state index contributed by atoms with van der Waals surface area (Å²) in [6.45, 7) is 4.48. The number of nitrogens with zero attached hydrogens (tertiary/aromatic N) is 3. The number of amides is 2. The van der Waals surface area contributed by atoms with Crippen LogP contribution in [0.3, 0.4) is 0 Å². The number of nitrogens with one attached hydrogen (secondary N) is 1. The molecule has 0 spiro atoms. The van der Waals surface area contributed by atoms with Gasteiger partial charge in [-0.05, 0) is 44.4 Å². The summed E-state index contributed by atoms with van der Waals surface area (Å²) in [6.07, 6.45) is 2.41. The molecule has 1 aromatic carbocycles. The SMILES string of the molecule is CCOC(=O)C1CCN(C(=O)c2sc3ncn(CC(=O)Nc4ccccc4OC)c(=O)c3c2C)CC1. The van der Waals surface area contributed by atoms with Crippen molar-refractivity contribution in [3.8, 4) is 5.75 Å². The fourth-order valence-corrected chi connectivity index (χ4v) is 5.40. The lowest BCUT2D eigenvalue weighted by Crippen LogP contribution is -2.40. The first-order valence-corrected chi connectivity index (χ1v) is 12.5. The van der Waals surface area contributed by atoms with Gasteiger partial charge in [-0.15, -0.1) is 11.3 Å².